The molecule has 14 heteroatoms. The van der Waals surface area contributed by atoms with Crippen LogP contribution in [-0.4, -0.2) is 125 Å². The van der Waals surface area contributed by atoms with E-state index in [1.165, 1.54) is 0 Å². The van der Waals surface area contributed by atoms with Crippen molar-refractivity contribution < 1.29 is 60.0 Å². The quantitative estimate of drug-likeness (QED) is 0.266. The summed E-state index contributed by atoms with van der Waals surface area (Å²) in [5.41, 5.74) is 0. The normalized spacial score (nSPS) is 5.33. The summed E-state index contributed by atoms with van der Waals surface area (Å²) in [5.74, 6) is 0. The summed E-state index contributed by atoms with van der Waals surface area (Å²) < 4.78 is 0. The summed E-state index contributed by atoms with van der Waals surface area (Å²) in [4.78, 5) is 34.2. The third-order valence-corrected chi connectivity index (χ3v) is 0. The van der Waals surface area contributed by atoms with Crippen molar-refractivity contribution in [2.24, 2.45) is 0 Å². The molecular formula is C4H10Na2O12. The van der Waals surface area contributed by atoms with E-state index in [2.05, 4.69) is 0 Å². The van der Waals surface area contributed by atoms with Gasteiger partial charge in [0, 0.05) is 0 Å². The van der Waals surface area contributed by atoms with Gasteiger partial charge in [-0.3, -0.25) is 0 Å². The van der Waals surface area contributed by atoms with Gasteiger partial charge in [0.15, 0.2) is 0 Å². The molecule has 0 aliphatic carbocycles. The Labute approximate surface area is 143 Å². The van der Waals surface area contributed by atoms with E-state index in [4.69, 9.17) is 60.0 Å². The van der Waals surface area contributed by atoms with Crippen LogP contribution in [0, 0.1) is 0 Å². The molecule has 0 aliphatic heterocycles. The molecule has 0 saturated heterocycles. The number of carbonyl (C=O) groups is 4. The van der Waals surface area contributed by atoms with Crippen LogP contribution in [0.15, 0.2) is 0 Å². The minimum atomic E-state index is -1.83. The molecule has 0 aromatic heterocycles. The maximum atomic E-state index is 8.56. The van der Waals surface area contributed by atoms with Crippen molar-refractivity contribution in [2.45, 2.75) is 0 Å². The van der Waals surface area contributed by atoms with Gasteiger partial charge in [-0.15, -0.1) is 0 Å². The molecule has 0 saturated carbocycles. The van der Waals surface area contributed by atoms with Crippen LogP contribution >= 0.6 is 0 Å². The Bertz CT molecular complexity index is 162. The second kappa shape index (κ2) is 29.8. The molecule has 0 fully saturated rings. The SMILES string of the molecule is O=C(O)O.O=C(O)O.O=C(O)O.O=C(O)O.[NaH].[NaH]. The Morgan fingerprint density at radius 3 is 0.389 bits per heavy atom. The second-order valence-electron chi connectivity index (χ2n) is 1.13. The van der Waals surface area contributed by atoms with Crippen molar-refractivity contribution >= 4 is 83.7 Å². The third-order valence-electron chi connectivity index (χ3n) is 0. The molecule has 0 bridgehead atoms. The zero-order valence-corrected chi connectivity index (χ0v) is 7.21. The zero-order valence-electron chi connectivity index (χ0n) is 7.21. The van der Waals surface area contributed by atoms with Gasteiger partial charge in [-0.2, -0.15) is 0 Å². The topological polar surface area (TPSA) is 230 Å². The van der Waals surface area contributed by atoms with Gasteiger partial charge in [-0.05, 0) is 0 Å². The first-order valence-corrected chi connectivity index (χ1v) is 2.61. The molecule has 8 N–H and O–H groups in total. The van der Waals surface area contributed by atoms with E-state index in [-0.39, 0.29) is 59.1 Å². The summed E-state index contributed by atoms with van der Waals surface area (Å²) in [6, 6.07) is 0. The molecule has 0 amide bonds. The van der Waals surface area contributed by atoms with Crippen LogP contribution in [0.3, 0.4) is 0 Å². The minimum absolute atomic E-state index is 0. The first kappa shape index (κ1) is 36.0. The first-order valence-electron chi connectivity index (χ1n) is 2.61. The number of hydrogen-bond donors (Lipinski definition) is 8. The molecule has 0 atom stereocenters. The summed E-state index contributed by atoms with van der Waals surface area (Å²) >= 11 is 0. The van der Waals surface area contributed by atoms with Gasteiger partial charge < -0.3 is 40.9 Å². The Morgan fingerprint density at radius 1 is 0.389 bits per heavy atom. The predicted molar refractivity (Wildman–Crippen MR) is 56.9 cm³/mol. The molecule has 0 heterocycles. The first-order chi connectivity index (χ1) is 6.93. The monoisotopic (exact) mass is 296 g/mol. The Kier molecular flexibility index (Phi) is 59.5. The van der Waals surface area contributed by atoms with Crippen LogP contribution < -0.4 is 0 Å². The third kappa shape index (κ3) is 3530. The van der Waals surface area contributed by atoms with Crippen molar-refractivity contribution in [3.63, 3.8) is 0 Å². The number of carboxylic acid groups (broad SMARTS) is 8. The van der Waals surface area contributed by atoms with Gasteiger partial charge in [-0.1, -0.05) is 0 Å². The maximum absolute atomic E-state index is 8.56. The molecule has 0 unspecified atom stereocenters. The fraction of sp³-hybridized carbons (Fsp3) is 0. The van der Waals surface area contributed by atoms with E-state index in [1.807, 2.05) is 0 Å². The van der Waals surface area contributed by atoms with Crippen LogP contribution in [0.2, 0.25) is 0 Å². The summed E-state index contributed by atoms with van der Waals surface area (Å²) in [5, 5.41) is 55.8. The van der Waals surface area contributed by atoms with E-state index in [1.54, 1.807) is 0 Å². The van der Waals surface area contributed by atoms with Gasteiger partial charge in [0.2, 0.25) is 0 Å². The van der Waals surface area contributed by atoms with Crippen molar-refractivity contribution in [3.05, 3.63) is 0 Å². The van der Waals surface area contributed by atoms with Crippen molar-refractivity contribution in [2.75, 3.05) is 0 Å². The second-order valence-corrected chi connectivity index (χ2v) is 1.13. The van der Waals surface area contributed by atoms with E-state index in [0.29, 0.717) is 0 Å². The fourth-order valence-corrected chi connectivity index (χ4v) is 0. The average molecular weight is 296 g/mol. The number of rotatable bonds is 0. The van der Waals surface area contributed by atoms with Crippen LogP contribution in [0.1, 0.15) is 0 Å². The summed E-state index contributed by atoms with van der Waals surface area (Å²) in [6.45, 7) is 0. The molecule has 12 nitrogen and oxygen atoms in total. The van der Waals surface area contributed by atoms with Gasteiger partial charge in [0.05, 0.1) is 0 Å². The predicted octanol–water partition coefficient (Wildman–Crippen LogP) is -0.407. The molecule has 0 aliphatic rings. The van der Waals surface area contributed by atoms with Gasteiger partial charge in [0.1, 0.15) is 0 Å². The standard InChI is InChI=1S/4CH2O3.2Na.2H/c4*2-1(3)4;;;;/h4*(H2,2,3,4);;;;. The van der Waals surface area contributed by atoms with Crippen LogP contribution in [0.25, 0.3) is 0 Å². The molecule has 100 valence electrons. The zero-order chi connectivity index (χ0) is 14.3. The Morgan fingerprint density at radius 2 is 0.389 bits per heavy atom. The van der Waals surface area contributed by atoms with Gasteiger partial charge in [-0.25, -0.2) is 19.2 Å². The Hall–Kier alpha value is -0.920. The Balaban J connectivity index is -0.0000000257. The molecule has 0 aromatic rings. The van der Waals surface area contributed by atoms with E-state index in [0.717, 1.165) is 0 Å². The molecule has 0 rings (SSSR count). The molecule has 0 spiro atoms. The van der Waals surface area contributed by atoms with E-state index in [9.17, 15) is 0 Å². The van der Waals surface area contributed by atoms with Crippen molar-refractivity contribution in [1.82, 2.24) is 0 Å². The van der Waals surface area contributed by atoms with Gasteiger partial charge >= 0.3 is 83.7 Å². The van der Waals surface area contributed by atoms with Crippen molar-refractivity contribution in [3.8, 4) is 0 Å². The van der Waals surface area contributed by atoms with Crippen LogP contribution in [0.4, 0.5) is 19.2 Å². The summed E-state index contributed by atoms with van der Waals surface area (Å²) in [7, 11) is 0. The molecule has 0 radical (unpaired) electrons. The van der Waals surface area contributed by atoms with Crippen LogP contribution in [-0.2, 0) is 0 Å². The van der Waals surface area contributed by atoms with Crippen LogP contribution in [0.5, 0.6) is 0 Å². The summed E-state index contributed by atoms with van der Waals surface area (Å²) in [6.07, 6.45) is -7.33. The van der Waals surface area contributed by atoms with E-state index < -0.39 is 24.6 Å². The molecule has 18 heavy (non-hydrogen) atoms. The molecular weight excluding hydrogens is 286 g/mol. The van der Waals surface area contributed by atoms with Crippen molar-refractivity contribution in [1.29, 1.82) is 0 Å². The van der Waals surface area contributed by atoms with E-state index >= 15 is 0 Å². The fourth-order valence-electron chi connectivity index (χ4n) is 0. The molecule has 0 aromatic carbocycles. The number of hydrogen-bond acceptors (Lipinski definition) is 4. The van der Waals surface area contributed by atoms with Gasteiger partial charge in [0.25, 0.3) is 0 Å². The average Bonchev–Trinajstić information content (AvgIpc) is 1.76.